The van der Waals surface area contributed by atoms with Gasteiger partial charge < -0.3 is 0 Å². The van der Waals surface area contributed by atoms with Gasteiger partial charge in [0.05, 0.1) is 0 Å². The van der Waals surface area contributed by atoms with Crippen LogP contribution in [-0.2, 0) is 0 Å². The molecule has 1 heteroatoms. The fraction of sp³-hybridized carbons (Fsp3) is 0.250. The highest BCUT2D eigenvalue weighted by molar-refractivity contribution is 6.68. The highest BCUT2D eigenvalue weighted by atomic mass is 28.2. The van der Waals surface area contributed by atoms with Gasteiger partial charge in [-0.05, 0) is 27.7 Å². The average Bonchev–Trinajstić information content (AvgIpc) is 2.28. The molecule has 0 heterocycles. The lowest BCUT2D eigenvalue weighted by atomic mass is 10.2. The van der Waals surface area contributed by atoms with Crippen molar-refractivity contribution in [2.75, 3.05) is 0 Å². The van der Waals surface area contributed by atoms with Crippen LogP contribution in [0.4, 0.5) is 0 Å². The Kier molecular flexibility index (Phi) is 3.48. The van der Waals surface area contributed by atoms with E-state index < -0.39 is 0 Å². The van der Waals surface area contributed by atoms with Crippen LogP contribution in [0.3, 0.4) is 0 Å². The molecule has 2 aromatic rings. The highest BCUT2D eigenvalue weighted by Gasteiger charge is 2.05. The van der Waals surface area contributed by atoms with Gasteiger partial charge in [0.15, 0.2) is 0 Å². The van der Waals surface area contributed by atoms with E-state index >= 15 is 0 Å². The summed E-state index contributed by atoms with van der Waals surface area (Å²) in [4.78, 5) is 0. The van der Waals surface area contributed by atoms with E-state index in [0.717, 1.165) is 9.52 Å². The first-order chi connectivity index (χ1) is 8.06. The normalized spacial score (nSPS) is 10.6. The number of hydrogen-bond acceptors (Lipinski definition) is 0. The fourth-order valence-corrected chi connectivity index (χ4v) is 3.34. The van der Waals surface area contributed by atoms with Gasteiger partial charge in [0.25, 0.3) is 0 Å². The van der Waals surface area contributed by atoms with Crippen LogP contribution in [0.1, 0.15) is 22.3 Å². The van der Waals surface area contributed by atoms with Crippen LogP contribution in [0.15, 0.2) is 36.4 Å². The Morgan fingerprint density at radius 3 is 1.47 bits per heavy atom. The zero-order valence-corrected chi connectivity index (χ0v) is 12.0. The minimum atomic E-state index is 0.767. The molecule has 86 valence electrons. The molecule has 0 aliphatic rings. The Hall–Kier alpha value is -1.34. The van der Waals surface area contributed by atoms with Gasteiger partial charge >= 0.3 is 0 Å². The molecule has 2 rings (SSSR count). The van der Waals surface area contributed by atoms with Crippen LogP contribution in [0.25, 0.3) is 0 Å². The summed E-state index contributed by atoms with van der Waals surface area (Å²) in [6, 6.07) is 13.5. The lowest BCUT2D eigenvalue weighted by molar-refractivity contribution is 1.42. The zero-order valence-electron chi connectivity index (χ0n) is 11.0. The molecule has 0 atom stereocenters. The van der Waals surface area contributed by atoms with Gasteiger partial charge in [0.1, 0.15) is 9.52 Å². The first-order valence-corrected chi connectivity index (χ1v) is 6.98. The van der Waals surface area contributed by atoms with E-state index in [1.807, 2.05) is 0 Å². The van der Waals surface area contributed by atoms with Crippen molar-refractivity contribution in [1.29, 1.82) is 0 Å². The molecule has 0 bridgehead atoms. The van der Waals surface area contributed by atoms with Crippen molar-refractivity contribution in [2.45, 2.75) is 27.7 Å². The van der Waals surface area contributed by atoms with E-state index in [0.29, 0.717) is 0 Å². The third-order valence-electron chi connectivity index (χ3n) is 3.06. The van der Waals surface area contributed by atoms with E-state index in [4.69, 9.17) is 0 Å². The van der Waals surface area contributed by atoms with Gasteiger partial charge in [-0.2, -0.15) is 0 Å². The quantitative estimate of drug-likeness (QED) is 0.706. The predicted molar refractivity (Wildman–Crippen MR) is 76.9 cm³/mol. The van der Waals surface area contributed by atoms with E-state index in [-0.39, 0.29) is 0 Å². The van der Waals surface area contributed by atoms with Crippen LogP contribution < -0.4 is 10.4 Å². The van der Waals surface area contributed by atoms with Crippen molar-refractivity contribution >= 4 is 19.9 Å². The Bertz CT molecular complexity index is 492. The molecule has 0 aromatic heterocycles. The molecule has 0 saturated heterocycles. The van der Waals surface area contributed by atoms with Crippen LogP contribution >= 0.6 is 0 Å². The van der Waals surface area contributed by atoms with Crippen molar-refractivity contribution in [2.24, 2.45) is 0 Å². The van der Waals surface area contributed by atoms with Gasteiger partial charge in [0.2, 0.25) is 0 Å². The third kappa shape index (κ3) is 2.86. The van der Waals surface area contributed by atoms with Gasteiger partial charge in [0, 0.05) is 0 Å². The molecule has 0 amide bonds. The Balaban J connectivity index is 2.37. The van der Waals surface area contributed by atoms with Gasteiger partial charge in [-0.1, -0.05) is 69.0 Å². The summed E-state index contributed by atoms with van der Waals surface area (Å²) in [6.45, 7) is 8.73. The number of hydrogen-bond donors (Lipinski definition) is 0. The summed E-state index contributed by atoms with van der Waals surface area (Å²) < 4.78 is 0. The summed E-state index contributed by atoms with van der Waals surface area (Å²) in [5, 5.41) is 2.94. The maximum Gasteiger partial charge on any atom is 0.122 e. The maximum atomic E-state index is 2.32. The molecule has 17 heavy (non-hydrogen) atoms. The van der Waals surface area contributed by atoms with Crippen molar-refractivity contribution in [1.82, 2.24) is 0 Å². The summed E-state index contributed by atoms with van der Waals surface area (Å²) in [6.07, 6.45) is 0. The van der Waals surface area contributed by atoms with Crippen molar-refractivity contribution in [3.8, 4) is 0 Å². The molecule has 2 aromatic carbocycles. The molecule has 0 unspecified atom stereocenters. The average molecular weight is 238 g/mol. The number of rotatable bonds is 2. The molecule has 0 nitrogen and oxygen atoms in total. The van der Waals surface area contributed by atoms with E-state index in [9.17, 15) is 0 Å². The summed E-state index contributed by atoms with van der Waals surface area (Å²) in [5.41, 5.74) is 5.50. The molecule has 0 aliphatic carbocycles. The van der Waals surface area contributed by atoms with E-state index in [1.54, 1.807) is 0 Å². The SMILES string of the molecule is Cc1ccc(C)c([Si]c2cc(C)ccc2C)c1. The molecular formula is C16H18Si. The fourth-order valence-electron chi connectivity index (χ4n) is 1.89. The molecular weight excluding hydrogens is 220 g/mol. The Morgan fingerprint density at radius 1 is 0.647 bits per heavy atom. The lowest BCUT2D eigenvalue weighted by Gasteiger charge is -2.09. The van der Waals surface area contributed by atoms with Crippen LogP contribution in [0.5, 0.6) is 0 Å². The largest absolute Gasteiger partial charge is 0.122 e. The maximum absolute atomic E-state index is 2.32. The van der Waals surface area contributed by atoms with Crippen molar-refractivity contribution in [3.05, 3.63) is 58.7 Å². The highest BCUT2D eigenvalue weighted by Crippen LogP contribution is 2.02. The van der Waals surface area contributed by atoms with Gasteiger partial charge in [-0.25, -0.2) is 0 Å². The first-order valence-electron chi connectivity index (χ1n) is 5.98. The molecule has 0 N–H and O–H groups in total. The van der Waals surface area contributed by atoms with E-state index in [1.165, 1.54) is 32.6 Å². The Labute approximate surface area is 107 Å². The third-order valence-corrected chi connectivity index (χ3v) is 4.67. The topological polar surface area (TPSA) is 0 Å². The van der Waals surface area contributed by atoms with Gasteiger partial charge in [-0.15, -0.1) is 0 Å². The predicted octanol–water partition coefficient (Wildman–Crippen LogP) is 2.58. The Morgan fingerprint density at radius 2 is 1.06 bits per heavy atom. The molecule has 0 saturated carbocycles. The molecule has 0 spiro atoms. The van der Waals surface area contributed by atoms with Crippen molar-refractivity contribution in [3.63, 3.8) is 0 Å². The smallest absolute Gasteiger partial charge is 0.0599 e. The summed E-state index contributed by atoms with van der Waals surface area (Å²) in [7, 11) is 0.767. The van der Waals surface area contributed by atoms with Crippen LogP contribution in [0.2, 0.25) is 0 Å². The minimum Gasteiger partial charge on any atom is -0.0599 e. The number of benzene rings is 2. The summed E-state index contributed by atoms with van der Waals surface area (Å²) >= 11 is 0. The van der Waals surface area contributed by atoms with Crippen LogP contribution in [-0.4, -0.2) is 9.52 Å². The van der Waals surface area contributed by atoms with Gasteiger partial charge in [-0.3, -0.25) is 0 Å². The first kappa shape index (κ1) is 12.1. The van der Waals surface area contributed by atoms with Crippen LogP contribution in [0, 0.1) is 27.7 Å². The van der Waals surface area contributed by atoms with E-state index in [2.05, 4.69) is 64.1 Å². The standard InChI is InChI=1S/C16H18Si/c1-11-5-7-13(3)15(9-11)17-16-10-12(2)6-8-14(16)4/h5-10H,1-4H3. The second-order valence-electron chi connectivity index (χ2n) is 4.76. The monoisotopic (exact) mass is 238 g/mol. The van der Waals surface area contributed by atoms with Crippen molar-refractivity contribution < 1.29 is 0 Å². The number of aryl methyl sites for hydroxylation is 4. The second-order valence-corrected chi connectivity index (χ2v) is 6.09. The lowest BCUT2D eigenvalue weighted by Crippen LogP contribution is -2.31. The zero-order chi connectivity index (χ0) is 12.4. The molecule has 0 fully saturated rings. The molecule has 2 radical (unpaired) electrons. The minimum absolute atomic E-state index is 0.767. The molecule has 0 aliphatic heterocycles. The summed E-state index contributed by atoms with van der Waals surface area (Å²) in [5.74, 6) is 0. The second kappa shape index (κ2) is 4.88.